The Kier molecular flexibility index (Phi) is 6.74. The molecule has 3 heteroatoms. The fourth-order valence-corrected chi connectivity index (χ4v) is 10.3. The Bertz CT molecular complexity index is 1560. The van der Waals surface area contributed by atoms with Crippen LogP contribution in [0.2, 0.25) is 0 Å². The van der Waals surface area contributed by atoms with Crippen molar-refractivity contribution in [1.29, 1.82) is 0 Å². The number of rotatable bonds is 6. The maximum Gasteiger partial charge on any atom is 0.179 e. The lowest BCUT2D eigenvalue weighted by molar-refractivity contribution is 0.631. The van der Waals surface area contributed by atoms with E-state index in [-0.39, 0.29) is 11.6 Å². The molecule has 0 saturated carbocycles. The van der Waals surface area contributed by atoms with Gasteiger partial charge in [-0.25, -0.2) is 8.78 Å². The van der Waals surface area contributed by atoms with Gasteiger partial charge in [-0.2, -0.15) is 0 Å². The van der Waals surface area contributed by atoms with Gasteiger partial charge >= 0.3 is 0 Å². The molecule has 0 N–H and O–H groups in total. The van der Waals surface area contributed by atoms with Gasteiger partial charge in [0.05, 0.1) is 0 Å². The number of halogens is 2. The molecule has 188 valence electrons. The molecule has 6 aromatic carbocycles. The predicted octanol–water partition coefficient (Wildman–Crippen LogP) is 6.68. The molecule has 0 aliphatic carbocycles. The Morgan fingerprint density at radius 2 is 0.615 bits per heavy atom. The van der Waals surface area contributed by atoms with Gasteiger partial charge in [0, 0.05) is 11.1 Å². The lowest BCUT2D eigenvalue weighted by Gasteiger charge is -2.34. The highest BCUT2D eigenvalue weighted by Crippen LogP contribution is 2.24. The molecule has 0 amide bonds. The van der Waals surface area contributed by atoms with Crippen molar-refractivity contribution in [3.8, 4) is 22.3 Å². The van der Waals surface area contributed by atoms with Crippen molar-refractivity contribution in [3.05, 3.63) is 169 Å². The molecule has 0 spiro atoms. The third-order valence-corrected chi connectivity index (χ3v) is 12.2. The normalized spacial score (nSPS) is 11.3. The summed E-state index contributed by atoms with van der Waals surface area (Å²) in [6.07, 6.45) is 0. The molecule has 0 aliphatic rings. The second kappa shape index (κ2) is 10.6. The van der Waals surface area contributed by atoms with E-state index in [9.17, 15) is 8.78 Å². The molecule has 6 aromatic rings. The Labute approximate surface area is 228 Å². The van der Waals surface area contributed by atoms with Crippen LogP contribution in [0.5, 0.6) is 0 Å². The van der Waals surface area contributed by atoms with Crippen molar-refractivity contribution in [3.63, 3.8) is 0 Å². The van der Waals surface area contributed by atoms with Gasteiger partial charge in [0.2, 0.25) is 0 Å². The zero-order valence-electron chi connectivity index (χ0n) is 21.3. The standard InChI is InChI=1S/C36H26F2Si/c37-35-17-9-7-15-33(35)27-19-23-31(24-20-27)39(29-11-3-1-4-12-29,30-13-5-2-6-14-30)32-25-21-28(22-26-32)34-16-8-10-18-36(34)38/h1-26H. The van der Waals surface area contributed by atoms with E-state index in [0.717, 1.165) is 11.1 Å². The van der Waals surface area contributed by atoms with Crippen LogP contribution in [0.1, 0.15) is 0 Å². The third kappa shape index (κ3) is 4.51. The largest absolute Gasteiger partial charge is 0.206 e. The van der Waals surface area contributed by atoms with E-state index in [1.165, 1.54) is 32.9 Å². The molecule has 0 nitrogen and oxygen atoms in total. The number of benzene rings is 6. The van der Waals surface area contributed by atoms with Crippen molar-refractivity contribution in [2.75, 3.05) is 0 Å². The second-order valence-corrected chi connectivity index (χ2v) is 13.4. The van der Waals surface area contributed by atoms with E-state index in [2.05, 4.69) is 72.8 Å². The Morgan fingerprint density at radius 1 is 0.308 bits per heavy atom. The summed E-state index contributed by atoms with van der Waals surface area (Å²) in [5.74, 6) is -0.466. The fourth-order valence-electron chi connectivity index (χ4n) is 5.57. The van der Waals surface area contributed by atoms with E-state index < -0.39 is 8.07 Å². The Balaban J connectivity index is 1.58. The molecule has 0 bridgehead atoms. The van der Waals surface area contributed by atoms with Gasteiger partial charge in [-0.05, 0) is 44.0 Å². The zero-order chi connectivity index (χ0) is 26.7. The predicted molar refractivity (Wildman–Crippen MR) is 161 cm³/mol. The van der Waals surface area contributed by atoms with Crippen molar-refractivity contribution in [1.82, 2.24) is 0 Å². The Hall–Kier alpha value is -4.60. The Morgan fingerprint density at radius 3 is 0.974 bits per heavy atom. The van der Waals surface area contributed by atoms with Gasteiger partial charge in [0.1, 0.15) is 11.6 Å². The molecular formula is C36H26F2Si. The quantitative estimate of drug-likeness (QED) is 0.169. The van der Waals surface area contributed by atoms with Crippen LogP contribution in [0.4, 0.5) is 8.78 Å². The minimum Gasteiger partial charge on any atom is -0.206 e. The molecule has 0 heterocycles. The van der Waals surface area contributed by atoms with E-state index in [1.807, 2.05) is 60.7 Å². The van der Waals surface area contributed by atoms with Crippen molar-refractivity contribution >= 4 is 28.8 Å². The molecule has 0 aromatic heterocycles. The van der Waals surface area contributed by atoms with Crippen LogP contribution in [0.15, 0.2) is 158 Å². The van der Waals surface area contributed by atoms with Crippen LogP contribution in [0, 0.1) is 11.6 Å². The van der Waals surface area contributed by atoms with Crippen LogP contribution >= 0.6 is 0 Å². The molecule has 0 unspecified atom stereocenters. The van der Waals surface area contributed by atoms with Crippen LogP contribution in [0.25, 0.3) is 22.3 Å². The highest BCUT2D eigenvalue weighted by molar-refractivity contribution is 7.19. The van der Waals surface area contributed by atoms with Crippen LogP contribution < -0.4 is 20.7 Å². The molecule has 0 atom stereocenters. The first-order chi connectivity index (χ1) is 19.2. The highest BCUT2D eigenvalue weighted by Gasteiger charge is 2.41. The van der Waals surface area contributed by atoms with Gasteiger partial charge in [-0.1, -0.05) is 146 Å². The molecule has 6 rings (SSSR count). The molecule has 0 radical (unpaired) electrons. The third-order valence-electron chi connectivity index (χ3n) is 7.42. The first kappa shape index (κ1) is 24.7. The van der Waals surface area contributed by atoms with Crippen LogP contribution in [0.3, 0.4) is 0 Å². The van der Waals surface area contributed by atoms with Gasteiger partial charge < -0.3 is 0 Å². The molecule has 0 saturated heterocycles. The van der Waals surface area contributed by atoms with Gasteiger partial charge in [0.15, 0.2) is 8.07 Å². The summed E-state index contributed by atoms with van der Waals surface area (Å²) in [6.45, 7) is 0. The van der Waals surface area contributed by atoms with Gasteiger partial charge in [-0.3, -0.25) is 0 Å². The summed E-state index contributed by atoms with van der Waals surface area (Å²) in [6, 6.07) is 51.7. The first-order valence-corrected chi connectivity index (χ1v) is 15.0. The summed E-state index contributed by atoms with van der Waals surface area (Å²) in [4.78, 5) is 0. The highest BCUT2D eigenvalue weighted by atomic mass is 28.3. The van der Waals surface area contributed by atoms with E-state index in [4.69, 9.17) is 0 Å². The van der Waals surface area contributed by atoms with Gasteiger partial charge in [-0.15, -0.1) is 0 Å². The molecule has 0 fully saturated rings. The fraction of sp³-hybridized carbons (Fsp3) is 0. The topological polar surface area (TPSA) is 0 Å². The number of hydrogen-bond acceptors (Lipinski definition) is 0. The van der Waals surface area contributed by atoms with Crippen molar-refractivity contribution in [2.24, 2.45) is 0 Å². The van der Waals surface area contributed by atoms with E-state index in [0.29, 0.717) is 11.1 Å². The summed E-state index contributed by atoms with van der Waals surface area (Å²) in [7, 11) is -2.76. The SMILES string of the molecule is Fc1ccccc1-c1ccc([Si](c2ccccc2)(c2ccccc2)c2ccc(-c3ccccc3F)cc2)cc1. The van der Waals surface area contributed by atoms with Crippen molar-refractivity contribution in [2.45, 2.75) is 0 Å². The van der Waals surface area contributed by atoms with Gasteiger partial charge in [0.25, 0.3) is 0 Å². The molecule has 39 heavy (non-hydrogen) atoms. The monoisotopic (exact) mass is 524 g/mol. The van der Waals surface area contributed by atoms with Crippen LogP contribution in [-0.4, -0.2) is 8.07 Å². The first-order valence-electron chi connectivity index (χ1n) is 13.0. The summed E-state index contributed by atoms with van der Waals surface area (Å²) < 4.78 is 29.2. The summed E-state index contributed by atoms with van der Waals surface area (Å²) in [5, 5.41) is 4.87. The second-order valence-electron chi connectivity index (χ2n) is 9.60. The average molecular weight is 525 g/mol. The summed E-state index contributed by atoms with van der Waals surface area (Å²) >= 11 is 0. The number of hydrogen-bond donors (Lipinski definition) is 0. The lowest BCUT2D eigenvalue weighted by atomic mass is 10.1. The maximum atomic E-state index is 14.6. The maximum absolute atomic E-state index is 14.6. The minimum atomic E-state index is -2.76. The smallest absolute Gasteiger partial charge is 0.179 e. The minimum absolute atomic E-state index is 0.233. The molecule has 0 aliphatic heterocycles. The van der Waals surface area contributed by atoms with Crippen LogP contribution in [-0.2, 0) is 0 Å². The van der Waals surface area contributed by atoms with Crippen molar-refractivity contribution < 1.29 is 8.78 Å². The lowest BCUT2D eigenvalue weighted by Crippen LogP contribution is -2.74. The van der Waals surface area contributed by atoms with E-state index >= 15 is 0 Å². The summed E-state index contributed by atoms with van der Waals surface area (Å²) in [5.41, 5.74) is 2.86. The van der Waals surface area contributed by atoms with E-state index in [1.54, 1.807) is 12.1 Å². The average Bonchev–Trinajstić information content (AvgIpc) is 3.00. The molecular weight excluding hydrogens is 498 g/mol. The zero-order valence-corrected chi connectivity index (χ0v) is 22.3.